The molecule has 104 valence electrons. The molecule has 1 heterocycles. The van der Waals surface area contributed by atoms with Crippen molar-refractivity contribution in [3.8, 4) is 0 Å². The molecule has 1 aliphatic heterocycles. The highest BCUT2D eigenvalue weighted by Crippen LogP contribution is 2.26. The zero-order chi connectivity index (χ0) is 13.8. The van der Waals surface area contributed by atoms with Gasteiger partial charge in [-0.2, -0.15) is 0 Å². The quantitative estimate of drug-likeness (QED) is 0.681. The number of nitro benzene ring substituents is 1. The van der Waals surface area contributed by atoms with Gasteiger partial charge in [0.1, 0.15) is 0 Å². The van der Waals surface area contributed by atoms with Crippen LogP contribution >= 0.6 is 15.9 Å². The van der Waals surface area contributed by atoms with Gasteiger partial charge in [0.05, 0.1) is 4.92 Å². The Labute approximate surface area is 120 Å². The SMILES string of the molecule is O=[N+]([O-])c1ccc(Br)cc1CN1CCC(CO)CC1. The van der Waals surface area contributed by atoms with Crippen molar-refractivity contribution in [1.82, 2.24) is 4.90 Å². The van der Waals surface area contributed by atoms with E-state index in [1.165, 1.54) is 0 Å². The monoisotopic (exact) mass is 328 g/mol. The first-order valence-electron chi connectivity index (χ1n) is 6.36. The summed E-state index contributed by atoms with van der Waals surface area (Å²) in [5, 5.41) is 20.1. The Morgan fingerprint density at radius 3 is 2.68 bits per heavy atom. The van der Waals surface area contributed by atoms with Crippen molar-refractivity contribution >= 4 is 21.6 Å². The fraction of sp³-hybridized carbons (Fsp3) is 0.538. The lowest BCUT2D eigenvalue weighted by molar-refractivity contribution is -0.385. The number of hydrogen-bond acceptors (Lipinski definition) is 4. The number of hydrogen-bond donors (Lipinski definition) is 1. The Balaban J connectivity index is 2.06. The molecule has 1 aromatic rings. The minimum absolute atomic E-state index is 0.174. The van der Waals surface area contributed by atoms with Gasteiger partial charge in [-0.1, -0.05) is 15.9 Å². The maximum atomic E-state index is 11.0. The van der Waals surface area contributed by atoms with Crippen LogP contribution in [0.15, 0.2) is 22.7 Å². The molecular formula is C13H17BrN2O3. The zero-order valence-electron chi connectivity index (χ0n) is 10.6. The molecule has 0 bridgehead atoms. The van der Waals surface area contributed by atoms with E-state index in [-0.39, 0.29) is 17.2 Å². The van der Waals surface area contributed by atoms with Gasteiger partial charge in [-0.05, 0) is 44.0 Å². The standard InChI is InChI=1S/C13H17BrN2O3/c14-12-1-2-13(16(18)19)11(7-12)8-15-5-3-10(9-17)4-6-15/h1-2,7,10,17H,3-6,8-9H2. The number of halogens is 1. The normalized spacial score (nSPS) is 17.6. The third-order valence-corrected chi connectivity index (χ3v) is 4.09. The lowest BCUT2D eigenvalue weighted by Gasteiger charge is -2.30. The summed E-state index contributed by atoms with van der Waals surface area (Å²) in [6, 6.07) is 5.05. The third-order valence-electron chi connectivity index (χ3n) is 3.60. The van der Waals surface area contributed by atoms with Crippen molar-refractivity contribution in [1.29, 1.82) is 0 Å². The smallest absolute Gasteiger partial charge is 0.273 e. The van der Waals surface area contributed by atoms with Crippen LogP contribution in [0.5, 0.6) is 0 Å². The van der Waals surface area contributed by atoms with E-state index in [1.54, 1.807) is 12.1 Å². The third kappa shape index (κ3) is 3.75. The molecule has 1 aromatic carbocycles. The number of nitro groups is 1. The summed E-state index contributed by atoms with van der Waals surface area (Å²) in [5.41, 5.74) is 0.911. The number of piperidine rings is 1. The average molecular weight is 329 g/mol. The van der Waals surface area contributed by atoms with E-state index in [2.05, 4.69) is 20.8 Å². The molecule has 6 heteroatoms. The molecule has 0 aromatic heterocycles. The van der Waals surface area contributed by atoms with Crippen molar-refractivity contribution < 1.29 is 10.0 Å². The Morgan fingerprint density at radius 2 is 2.11 bits per heavy atom. The molecule has 19 heavy (non-hydrogen) atoms. The fourth-order valence-electron chi connectivity index (χ4n) is 2.43. The van der Waals surface area contributed by atoms with E-state index in [0.29, 0.717) is 12.5 Å². The van der Waals surface area contributed by atoms with Crippen molar-refractivity contribution in [3.63, 3.8) is 0 Å². The molecule has 0 aliphatic carbocycles. The highest BCUT2D eigenvalue weighted by molar-refractivity contribution is 9.10. The van der Waals surface area contributed by atoms with Gasteiger partial charge in [0.15, 0.2) is 0 Å². The molecule has 2 rings (SSSR count). The highest BCUT2D eigenvalue weighted by Gasteiger charge is 2.21. The van der Waals surface area contributed by atoms with Crippen LogP contribution in [-0.4, -0.2) is 34.6 Å². The number of aliphatic hydroxyl groups is 1. The van der Waals surface area contributed by atoms with E-state index in [9.17, 15) is 10.1 Å². The first kappa shape index (κ1) is 14.4. The van der Waals surface area contributed by atoms with Crippen LogP contribution in [0.25, 0.3) is 0 Å². The first-order valence-corrected chi connectivity index (χ1v) is 7.15. The highest BCUT2D eigenvalue weighted by atomic mass is 79.9. The summed E-state index contributed by atoms with van der Waals surface area (Å²) in [5.74, 6) is 0.383. The molecule has 1 N–H and O–H groups in total. The molecule has 5 nitrogen and oxygen atoms in total. The van der Waals surface area contributed by atoms with Crippen molar-refractivity contribution in [2.75, 3.05) is 19.7 Å². The van der Waals surface area contributed by atoms with Crippen LogP contribution in [-0.2, 0) is 6.54 Å². The fourth-order valence-corrected chi connectivity index (χ4v) is 2.84. The van der Waals surface area contributed by atoms with Crippen LogP contribution in [0.2, 0.25) is 0 Å². The van der Waals surface area contributed by atoms with Crippen molar-refractivity contribution in [2.24, 2.45) is 5.92 Å². The van der Waals surface area contributed by atoms with Crippen LogP contribution in [0, 0.1) is 16.0 Å². The van der Waals surface area contributed by atoms with Crippen LogP contribution in [0.4, 0.5) is 5.69 Å². The molecule has 1 aliphatic rings. The van der Waals surface area contributed by atoms with Crippen LogP contribution < -0.4 is 0 Å². The topological polar surface area (TPSA) is 66.6 Å². The van der Waals surface area contributed by atoms with E-state index >= 15 is 0 Å². The first-order chi connectivity index (χ1) is 9.10. The van der Waals surface area contributed by atoms with Gasteiger partial charge < -0.3 is 5.11 Å². The molecule has 0 saturated carbocycles. The second-order valence-electron chi connectivity index (χ2n) is 4.93. The van der Waals surface area contributed by atoms with Gasteiger partial charge >= 0.3 is 0 Å². The summed E-state index contributed by atoms with van der Waals surface area (Å²) < 4.78 is 0.860. The lowest BCUT2D eigenvalue weighted by atomic mass is 9.97. The summed E-state index contributed by atoms with van der Waals surface area (Å²) >= 11 is 3.36. The largest absolute Gasteiger partial charge is 0.396 e. The van der Waals surface area contributed by atoms with E-state index < -0.39 is 0 Å². The number of aliphatic hydroxyl groups excluding tert-OH is 1. The summed E-state index contributed by atoms with van der Waals surface area (Å²) in [4.78, 5) is 12.9. The minimum Gasteiger partial charge on any atom is -0.396 e. The molecule has 0 radical (unpaired) electrons. The molecular weight excluding hydrogens is 312 g/mol. The average Bonchev–Trinajstić information content (AvgIpc) is 2.39. The van der Waals surface area contributed by atoms with Crippen LogP contribution in [0.3, 0.4) is 0 Å². The lowest BCUT2D eigenvalue weighted by Crippen LogP contribution is -2.34. The number of nitrogens with zero attached hydrogens (tertiary/aromatic N) is 2. The summed E-state index contributed by atoms with van der Waals surface area (Å²) in [6.07, 6.45) is 1.91. The van der Waals surface area contributed by atoms with E-state index in [4.69, 9.17) is 5.11 Å². The number of benzene rings is 1. The van der Waals surface area contributed by atoms with Gasteiger partial charge in [-0.3, -0.25) is 15.0 Å². The number of likely N-dealkylation sites (tertiary alicyclic amines) is 1. The Morgan fingerprint density at radius 1 is 1.42 bits per heavy atom. The maximum absolute atomic E-state index is 11.0. The van der Waals surface area contributed by atoms with Gasteiger partial charge in [0.2, 0.25) is 0 Å². The molecule has 1 saturated heterocycles. The summed E-state index contributed by atoms with van der Waals surface area (Å²) in [7, 11) is 0. The van der Waals surface area contributed by atoms with Crippen molar-refractivity contribution in [2.45, 2.75) is 19.4 Å². The second kappa shape index (κ2) is 6.45. The number of rotatable bonds is 4. The van der Waals surface area contributed by atoms with Gasteiger partial charge in [0.25, 0.3) is 5.69 Å². The predicted molar refractivity (Wildman–Crippen MR) is 75.9 cm³/mol. The Bertz CT molecular complexity index is 459. The van der Waals surface area contributed by atoms with Crippen molar-refractivity contribution in [3.05, 3.63) is 38.3 Å². The maximum Gasteiger partial charge on any atom is 0.273 e. The van der Waals surface area contributed by atoms with Gasteiger partial charge in [-0.15, -0.1) is 0 Å². The van der Waals surface area contributed by atoms with E-state index in [0.717, 1.165) is 36.0 Å². The Kier molecular flexibility index (Phi) is 4.90. The zero-order valence-corrected chi connectivity index (χ0v) is 12.2. The second-order valence-corrected chi connectivity index (χ2v) is 5.85. The molecule has 0 spiro atoms. The van der Waals surface area contributed by atoms with Gasteiger partial charge in [-0.25, -0.2) is 0 Å². The molecule has 0 amide bonds. The molecule has 0 unspecified atom stereocenters. The van der Waals surface area contributed by atoms with E-state index in [1.807, 2.05) is 6.07 Å². The molecule has 1 fully saturated rings. The predicted octanol–water partition coefficient (Wildman–Crippen LogP) is 2.56. The Hall–Kier alpha value is -0.980. The molecule has 0 atom stereocenters. The van der Waals surface area contributed by atoms with Crippen LogP contribution in [0.1, 0.15) is 18.4 Å². The summed E-state index contributed by atoms with van der Waals surface area (Å²) in [6.45, 7) is 2.60. The minimum atomic E-state index is -0.331. The van der Waals surface area contributed by atoms with Gasteiger partial charge in [0, 0.05) is 29.3 Å².